The van der Waals surface area contributed by atoms with Gasteiger partial charge in [-0.1, -0.05) is 0 Å². The molecule has 1 amide bonds. The average molecular weight is 314 g/mol. The molecule has 0 aromatic carbocycles. The van der Waals surface area contributed by atoms with Gasteiger partial charge in [0.25, 0.3) is 0 Å². The molecule has 0 fully saturated rings. The molecule has 0 unspecified atom stereocenters. The molecule has 0 aliphatic carbocycles. The van der Waals surface area contributed by atoms with Gasteiger partial charge < -0.3 is 9.64 Å². The van der Waals surface area contributed by atoms with Crippen molar-refractivity contribution in [1.82, 2.24) is 24.4 Å². The number of halogens is 1. The minimum absolute atomic E-state index is 0.0306. The number of nitrogens with zero attached hydrogens (tertiary/aromatic N) is 5. The van der Waals surface area contributed by atoms with Gasteiger partial charge in [-0.25, -0.2) is 9.97 Å². The SMILES string of the molecule is COc1nc(Br)nc2c1ncn2CN(C)C(C)=O. The molecule has 0 bridgehead atoms. The summed E-state index contributed by atoms with van der Waals surface area (Å²) in [6, 6.07) is 0. The summed E-state index contributed by atoms with van der Waals surface area (Å²) >= 11 is 3.21. The van der Waals surface area contributed by atoms with Crippen LogP contribution in [0.2, 0.25) is 0 Å². The van der Waals surface area contributed by atoms with Gasteiger partial charge in [-0.05, 0) is 15.9 Å². The molecule has 0 radical (unpaired) electrons. The molecule has 0 spiro atoms. The third-order valence-electron chi connectivity index (χ3n) is 2.50. The highest BCUT2D eigenvalue weighted by Gasteiger charge is 2.14. The highest BCUT2D eigenvalue weighted by atomic mass is 79.9. The molecule has 7 nitrogen and oxygen atoms in total. The lowest BCUT2D eigenvalue weighted by molar-refractivity contribution is -0.128. The van der Waals surface area contributed by atoms with E-state index in [-0.39, 0.29) is 5.91 Å². The predicted molar refractivity (Wildman–Crippen MR) is 68.0 cm³/mol. The van der Waals surface area contributed by atoms with Gasteiger partial charge in [0.2, 0.25) is 16.5 Å². The quantitative estimate of drug-likeness (QED) is 0.791. The van der Waals surface area contributed by atoms with Gasteiger partial charge in [-0.2, -0.15) is 4.98 Å². The number of carbonyl (C=O) groups is 1. The van der Waals surface area contributed by atoms with Crippen LogP contribution in [0, 0.1) is 0 Å². The molecular weight excluding hydrogens is 302 g/mol. The Hall–Kier alpha value is -1.70. The first-order valence-electron chi connectivity index (χ1n) is 5.17. The zero-order chi connectivity index (χ0) is 13.3. The molecule has 0 N–H and O–H groups in total. The molecular formula is C10H12BrN5O2. The number of ether oxygens (including phenoxy) is 1. The maximum Gasteiger partial charge on any atom is 0.246 e. The standard InChI is InChI=1S/C10H12BrN5O2/c1-6(17)15(2)5-16-4-12-7-8(16)13-10(11)14-9(7)18-3/h4H,5H2,1-3H3. The molecule has 0 aliphatic rings. The van der Waals surface area contributed by atoms with Gasteiger partial charge in [-0.15, -0.1) is 0 Å². The van der Waals surface area contributed by atoms with Crippen LogP contribution in [0.3, 0.4) is 0 Å². The Morgan fingerprint density at radius 2 is 2.28 bits per heavy atom. The Morgan fingerprint density at radius 3 is 2.89 bits per heavy atom. The molecule has 0 saturated heterocycles. The van der Waals surface area contributed by atoms with E-state index in [1.165, 1.54) is 14.0 Å². The number of carbonyl (C=O) groups excluding carboxylic acids is 1. The fraction of sp³-hybridized carbons (Fsp3) is 0.400. The van der Waals surface area contributed by atoms with Crippen LogP contribution in [-0.2, 0) is 11.5 Å². The number of methoxy groups -OCH3 is 1. The minimum Gasteiger partial charge on any atom is -0.479 e. The van der Waals surface area contributed by atoms with Crippen molar-refractivity contribution in [3.8, 4) is 5.88 Å². The maximum atomic E-state index is 11.2. The molecule has 2 aromatic heterocycles. The van der Waals surface area contributed by atoms with Crippen molar-refractivity contribution in [2.24, 2.45) is 0 Å². The van der Waals surface area contributed by atoms with Crippen molar-refractivity contribution < 1.29 is 9.53 Å². The summed E-state index contributed by atoms with van der Waals surface area (Å²) in [6.45, 7) is 1.88. The highest BCUT2D eigenvalue weighted by Crippen LogP contribution is 2.22. The van der Waals surface area contributed by atoms with Crippen molar-refractivity contribution in [2.75, 3.05) is 14.2 Å². The fourth-order valence-corrected chi connectivity index (χ4v) is 1.80. The minimum atomic E-state index is -0.0306. The monoisotopic (exact) mass is 313 g/mol. The maximum absolute atomic E-state index is 11.2. The number of rotatable bonds is 3. The van der Waals surface area contributed by atoms with E-state index < -0.39 is 0 Å². The second kappa shape index (κ2) is 4.89. The number of aromatic nitrogens is 4. The van der Waals surface area contributed by atoms with E-state index in [9.17, 15) is 4.79 Å². The summed E-state index contributed by atoms with van der Waals surface area (Å²) in [6.07, 6.45) is 1.60. The molecule has 8 heteroatoms. The van der Waals surface area contributed by atoms with Crippen LogP contribution in [0.5, 0.6) is 5.88 Å². The normalized spacial score (nSPS) is 10.7. The Kier molecular flexibility index (Phi) is 3.46. The first-order valence-corrected chi connectivity index (χ1v) is 5.96. The second-order valence-electron chi connectivity index (χ2n) is 3.75. The van der Waals surface area contributed by atoms with Crippen molar-refractivity contribution in [3.63, 3.8) is 0 Å². The summed E-state index contributed by atoms with van der Waals surface area (Å²) in [4.78, 5) is 25.3. The molecule has 2 aromatic rings. The zero-order valence-corrected chi connectivity index (χ0v) is 11.8. The van der Waals surface area contributed by atoms with Gasteiger partial charge in [0.15, 0.2) is 11.2 Å². The first-order chi connectivity index (χ1) is 8.52. The molecule has 0 atom stereocenters. The van der Waals surface area contributed by atoms with Crippen LogP contribution in [0.25, 0.3) is 11.2 Å². The lowest BCUT2D eigenvalue weighted by Gasteiger charge is -2.15. The predicted octanol–water partition coefficient (Wildman–Crippen LogP) is 1.03. The van der Waals surface area contributed by atoms with E-state index in [0.717, 1.165) is 0 Å². The smallest absolute Gasteiger partial charge is 0.246 e. The van der Waals surface area contributed by atoms with Crippen LogP contribution < -0.4 is 4.74 Å². The Bertz CT molecular complexity index is 597. The van der Waals surface area contributed by atoms with Crippen molar-refractivity contribution in [3.05, 3.63) is 11.1 Å². The van der Waals surface area contributed by atoms with Crippen LogP contribution in [0.1, 0.15) is 6.92 Å². The van der Waals surface area contributed by atoms with Crippen molar-refractivity contribution >= 4 is 33.0 Å². The van der Waals surface area contributed by atoms with Gasteiger partial charge in [0.05, 0.1) is 20.1 Å². The summed E-state index contributed by atoms with van der Waals surface area (Å²) in [5.41, 5.74) is 1.18. The first kappa shape index (κ1) is 12.7. The lowest BCUT2D eigenvalue weighted by Crippen LogP contribution is -2.26. The van der Waals surface area contributed by atoms with Gasteiger partial charge >= 0.3 is 0 Å². The van der Waals surface area contributed by atoms with E-state index in [1.807, 2.05) is 0 Å². The number of fused-ring (bicyclic) bond motifs is 1. The van der Waals surface area contributed by atoms with Gasteiger partial charge in [0, 0.05) is 14.0 Å². The fourth-order valence-electron chi connectivity index (χ4n) is 1.47. The molecule has 0 aliphatic heterocycles. The number of amides is 1. The Balaban J connectivity index is 2.47. The third-order valence-corrected chi connectivity index (χ3v) is 2.85. The van der Waals surface area contributed by atoms with Crippen LogP contribution >= 0.6 is 15.9 Å². The van der Waals surface area contributed by atoms with Crippen molar-refractivity contribution in [1.29, 1.82) is 0 Å². The van der Waals surface area contributed by atoms with Crippen LogP contribution in [-0.4, -0.2) is 44.5 Å². The summed E-state index contributed by atoms with van der Waals surface area (Å²) in [5, 5.41) is 0. The van der Waals surface area contributed by atoms with Crippen molar-refractivity contribution in [2.45, 2.75) is 13.6 Å². The summed E-state index contributed by atoms with van der Waals surface area (Å²) < 4.78 is 7.31. The second-order valence-corrected chi connectivity index (χ2v) is 4.46. The molecule has 2 rings (SSSR count). The molecule has 0 saturated carbocycles. The summed E-state index contributed by atoms with van der Waals surface area (Å²) in [5.74, 6) is 0.369. The van der Waals surface area contributed by atoms with Crippen LogP contribution in [0.15, 0.2) is 11.1 Å². The zero-order valence-electron chi connectivity index (χ0n) is 10.2. The lowest BCUT2D eigenvalue weighted by atomic mass is 10.5. The van der Waals surface area contributed by atoms with Gasteiger partial charge in [-0.3, -0.25) is 9.36 Å². The molecule has 18 heavy (non-hydrogen) atoms. The van der Waals surface area contributed by atoms with E-state index in [1.54, 1.807) is 22.8 Å². The largest absolute Gasteiger partial charge is 0.479 e. The molecule has 2 heterocycles. The van der Waals surface area contributed by atoms with Crippen LogP contribution in [0.4, 0.5) is 0 Å². The molecule has 96 valence electrons. The Labute approximate surface area is 112 Å². The van der Waals surface area contributed by atoms with Gasteiger partial charge in [0.1, 0.15) is 0 Å². The number of imidazole rings is 1. The van der Waals surface area contributed by atoms with E-state index in [4.69, 9.17) is 4.74 Å². The number of hydrogen-bond donors (Lipinski definition) is 0. The number of hydrogen-bond acceptors (Lipinski definition) is 5. The summed E-state index contributed by atoms with van der Waals surface area (Å²) in [7, 11) is 3.23. The highest BCUT2D eigenvalue weighted by molar-refractivity contribution is 9.10. The third kappa shape index (κ3) is 2.28. The van der Waals surface area contributed by atoms with E-state index in [2.05, 4.69) is 30.9 Å². The van der Waals surface area contributed by atoms with E-state index in [0.29, 0.717) is 28.4 Å². The Morgan fingerprint density at radius 1 is 1.56 bits per heavy atom. The average Bonchev–Trinajstić information content (AvgIpc) is 2.71. The van der Waals surface area contributed by atoms with E-state index >= 15 is 0 Å². The topological polar surface area (TPSA) is 73.1 Å².